The second-order valence-corrected chi connectivity index (χ2v) is 8.45. The van der Waals surface area contributed by atoms with Gasteiger partial charge in [-0.3, -0.25) is 4.79 Å². The van der Waals surface area contributed by atoms with Crippen LogP contribution in [0.25, 0.3) is 0 Å². The first-order valence-electron chi connectivity index (χ1n) is 12.0. The number of imidazole rings is 1. The number of anilines is 4. The molecule has 2 aromatic carbocycles. The highest BCUT2D eigenvalue weighted by Crippen LogP contribution is 2.19. The van der Waals surface area contributed by atoms with Gasteiger partial charge in [0.15, 0.2) is 5.78 Å². The van der Waals surface area contributed by atoms with Gasteiger partial charge in [0.25, 0.3) is 0 Å². The van der Waals surface area contributed by atoms with E-state index in [0.29, 0.717) is 41.9 Å². The molecule has 0 saturated carbocycles. The third-order valence-electron chi connectivity index (χ3n) is 5.66. The van der Waals surface area contributed by atoms with Gasteiger partial charge in [0, 0.05) is 49.2 Å². The second-order valence-electron chi connectivity index (χ2n) is 8.45. The first kappa shape index (κ1) is 23.8. The first-order chi connectivity index (χ1) is 18.1. The van der Waals surface area contributed by atoms with E-state index < -0.39 is 0 Å². The molecule has 37 heavy (non-hydrogen) atoms. The van der Waals surface area contributed by atoms with E-state index in [1.807, 2.05) is 72.3 Å². The molecule has 0 atom stereocenters. The highest BCUT2D eigenvalue weighted by molar-refractivity contribution is 5.98. The van der Waals surface area contributed by atoms with Crippen LogP contribution in [-0.4, -0.2) is 35.3 Å². The molecule has 9 heteroatoms. The van der Waals surface area contributed by atoms with Crippen molar-refractivity contribution in [3.63, 3.8) is 0 Å². The molecule has 9 nitrogen and oxygen atoms in total. The van der Waals surface area contributed by atoms with E-state index in [2.05, 4.69) is 35.6 Å². The molecule has 0 fully saturated rings. The molecular weight excluding hydrogens is 464 g/mol. The molecule has 0 spiro atoms. The number of pyridine rings is 1. The Kier molecular flexibility index (Phi) is 7.21. The molecule has 184 valence electrons. The zero-order valence-electron chi connectivity index (χ0n) is 20.4. The summed E-state index contributed by atoms with van der Waals surface area (Å²) >= 11 is 0. The van der Waals surface area contributed by atoms with Gasteiger partial charge in [-0.1, -0.05) is 49.4 Å². The van der Waals surface area contributed by atoms with Gasteiger partial charge in [-0.25, -0.2) is 9.97 Å². The molecule has 0 bridgehead atoms. The SMILES string of the molecule is CCc1nc(Nc2ccc(Cn3ccnc3)cc2)nc(Nc2cc(C(=O)Cc3ccccc3)ccn2)n1. The quantitative estimate of drug-likeness (QED) is 0.264. The number of nitrogens with zero attached hydrogens (tertiary/aromatic N) is 6. The fourth-order valence-electron chi connectivity index (χ4n) is 3.77. The van der Waals surface area contributed by atoms with Crippen molar-refractivity contribution in [1.82, 2.24) is 29.5 Å². The van der Waals surface area contributed by atoms with E-state index in [0.717, 1.165) is 23.4 Å². The normalized spacial score (nSPS) is 10.7. The van der Waals surface area contributed by atoms with Crippen molar-refractivity contribution in [2.45, 2.75) is 26.3 Å². The van der Waals surface area contributed by atoms with Crippen LogP contribution in [0.2, 0.25) is 0 Å². The standard InChI is InChI=1S/C28H26N8O/c1-2-25-32-27(31-23-10-8-21(9-11-23)18-36-15-14-29-19-36)35-28(33-25)34-26-17-22(12-13-30-26)24(37)16-20-6-4-3-5-7-20/h3-15,17,19H,2,16,18H2,1H3,(H2,30,31,32,33,34,35). The van der Waals surface area contributed by atoms with Crippen molar-refractivity contribution in [2.24, 2.45) is 0 Å². The maximum Gasteiger partial charge on any atom is 0.233 e. The van der Waals surface area contributed by atoms with Gasteiger partial charge in [0.05, 0.1) is 6.33 Å². The zero-order valence-corrected chi connectivity index (χ0v) is 20.4. The Balaban J connectivity index is 1.29. The smallest absolute Gasteiger partial charge is 0.233 e. The summed E-state index contributed by atoms with van der Waals surface area (Å²) in [5, 5.41) is 6.38. The zero-order chi connectivity index (χ0) is 25.5. The van der Waals surface area contributed by atoms with Crippen molar-refractivity contribution >= 4 is 29.2 Å². The lowest BCUT2D eigenvalue weighted by atomic mass is 10.0. The van der Waals surface area contributed by atoms with Gasteiger partial charge in [0.2, 0.25) is 11.9 Å². The second kappa shape index (κ2) is 11.2. The molecule has 0 amide bonds. The summed E-state index contributed by atoms with van der Waals surface area (Å²) in [4.78, 5) is 34.7. The number of nitrogens with one attached hydrogen (secondary N) is 2. The minimum Gasteiger partial charge on any atom is -0.333 e. The fraction of sp³-hybridized carbons (Fsp3) is 0.143. The van der Waals surface area contributed by atoms with Gasteiger partial charge < -0.3 is 15.2 Å². The number of hydrogen-bond donors (Lipinski definition) is 2. The summed E-state index contributed by atoms with van der Waals surface area (Å²) in [6.07, 6.45) is 8.06. The molecular formula is C28H26N8O. The number of carbonyl (C=O) groups excluding carboxylic acids is 1. The predicted octanol–water partition coefficient (Wildman–Crippen LogP) is 4.99. The van der Waals surface area contributed by atoms with E-state index >= 15 is 0 Å². The van der Waals surface area contributed by atoms with Crippen LogP contribution in [0.1, 0.15) is 34.2 Å². The van der Waals surface area contributed by atoms with Crippen molar-refractivity contribution in [3.05, 3.63) is 114 Å². The average Bonchev–Trinajstić information content (AvgIpc) is 3.43. The van der Waals surface area contributed by atoms with Crippen LogP contribution in [0.4, 0.5) is 23.4 Å². The van der Waals surface area contributed by atoms with Crippen LogP contribution < -0.4 is 10.6 Å². The number of hydrogen-bond acceptors (Lipinski definition) is 8. The van der Waals surface area contributed by atoms with E-state index in [9.17, 15) is 4.79 Å². The van der Waals surface area contributed by atoms with Crippen molar-refractivity contribution in [2.75, 3.05) is 10.6 Å². The molecule has 0 aliphatic rings. The monoisotopic (exact) mass is 490 g/mol. The highest BCUT2D eigenvalue weighted by Gasteiger charge is 2.11. The summed E-state index contributed by atoms with van der Waals surface area (Å²) < 4.78 is 2.01. The van der Waals surface area contributed by atoms with Gasteiger partial charge in [0.1, 0.15) is 11.6 Å². The van der Waals surface area contributed by atoms with Gasteiger partial charge in [-0.15, -0.1) is 0 Å². The van der Waals surface area contributed by atoms with Crippen LogP contribution in [0.5, 0.6) is 0 Å². The number of benzene rings is 2. The predicted molar refractivity (Wildman–Crippen MR) is 142 cm³/mol. The number of carbonyl (C=O) groups is 1. The lowest BCUT2D eigenvalue weighted by Gasteiger charge is -2.11. The Morgan fingerprint density at radius 1 is 0.865 bits per heavy atom. The van der Waals surface area contributed by atoms with Crippen molar-refractivity contribution in [1.29, 1.82) is 0 Å². The van der Waals surface area contributed by atoms with Gasteiger partial charge in [-0.05, 0) is 35.4 Å². The minimum atomic E-state index is 0.0142. The van der Waals surface area contributed by atoms with E-state index in [4.69, 9.17) is 0 Å². The minimum absolute atomic E-state index is 0.0142. The van der Waals surface area contributed by atoms with Crippen LogP contribution in [0, 0.1) is 0 Å². The topological polar surface area (TPSA) is 111 Å². The van der Waals surface area contributed by atoms with Crippen LogP contribution in [-0.2, 0) is 19.4 Å². The number of aryl methyl sites for hydroxylation is 1. The Hall–Kier alpha value is -4.92. The molecule has 0 unspecified atom stereocenters. The number of rotatable bonds is 10. The summed E-state index contributed by atoms with van der Waals surface area (Å²) in [6.45, 7) is 2.73. The summed E-state index contributed by atoms with van der Waals surface area (Å²) in [6, 6.07) is 21.2. The molecule has 3 heterocycles. The van der Waals surface area contributed by atoms with Crippen LogP contribution >= 0.6 is 0 Å². The lowest BCUT2D eigenvalue weighted by Crippen LogP contribution is -2.09. The fourth-order valence-corrected chi connectivity index (χ4v) is 3.77. The van der Waals surface area contributed by atoms with Gasteiger partial charge >= 0.3 is 0 Å². The van der Waals surface area contributed by atoms with Crippen molar-refractivity contribution in [3.8, 4) is 0 Å². The molecule has 5 aromatic rings. The Bertz CT molecular complexity index is 1470. The molecule has 3 aromatic heterocycles. The van der Waals surface area contributed by atoms with Gasteiger partial charge in [-0.2, -0.15) is 15.0 Å². The largest absolute Gasteiger partial charge is 0.333 e. The Labute approximate surface area is 214 Å². The van der Waals surface area contributed by atoms with Crippen LogP contribution in [0.3, 0.4) is 0 Å². The van der Waals surface area contributed by atoms with E-state index in [1.54, 1.807) is 30.9 Å². The molecule has 5 rings (SSSR count). The van der Waals surface area contributed by atoms with Crippen molar-refractivity contribution < 1.29 is 4.79 Å². The lowest BCUT2D eigenvalue weighted by molar-refractivity contribution is 0.0993. The highest BCUT2D eigenvalue weighted by atomic mass is 16.1. The Morgan fingerprint density at radius 3 is 2.38 bits per heavy atom. The summed E-state index contributed by atoms with van der Waals surface area (Å²) in [5.41, 5.74) is 3.55. The van der Waals surface area contributed by atoms with Crippen LogP contribution in [0.15, 0.2) is 91.6 Å². The molecule has 0 aliphatic carbocycles. The summed E-state index contributed by atoms with van der Waals surface area (Å²) in [7, 11) is 0. The first-order valence-corrected chi connectivity index (χ1v) is 12.0. The number of aromatic nitrogens is 6. The molecule has 0 radical (unpaired) electrons. The molecule has 2 N–H and O–H groups in total. The maximum atomic E-state index is 12.8. The molecule has 0 saturated heterocycles. The third-order valence-corrected chi connectivity index (χ3v) is 5.66. The average molecular weight is 491 g/mol. The Morgan fingerprint density at radius 2 is 1.65 bits per heavy atom. The maximum absolute atomic E-state index is 12.8. The van der Waals surface area contributed by atoms with E-state index in [1.165, 1.54) is 0 Å². The number of Topliss-reactive ketones (excluding diaryl/α,β-unsaturated/α-hetero) is 1. The van der Waals surface area contributed by atoms with E-state index in [-0.39, 0.29) is 5.78 Å². The molecule has 0 aliphatic heterocycles. The summed E-state index contributed by atoms with van der Waals surface area (Å²) in [5.74, 6) is 1.91. The number of ketones is 1. The third kappa shape index (κ3) is 6.40.